The van der Waals surface area contributed by atoms with E-state index in [0.717, 1.165) is 5.01 Å². The van der Waals surface area contributed by atoms with Crippen LogP contribution >= 0.6 is 11.3 Å². The van der Waals surface area contributed by atoms with Gasteiger partial charge in [-0.25, -0.2) is 4.98 Å². The van der Waals surface area contributed by atoms with E-state index in [9.17, 15) is 0 Å². The molecule has 1 heterocycles. The molecule has 0 aromatic carbocycles. The molecule has 0 aliphatic heterocycles. The minimum atomic E-state index is -0.170. The molecule has 0 saturated heterocycles. The summed E-state index contributed by atoms with van der Waals surface area (Å²) in [4.78, 5) is 4.46. The average Bonchev–Trinajstić information content (AvgIpc) is 2.68. The number of hydrogen-bond donors (Lipinski definition) is 1. The lowest BCUT2D eigenvalue weighted by Gasteiger charge is -2.38. The third kappa shape index (κ3) is 2.81. The summed E-state index contributed by atoms with van der Waals surface area (Å²) in [5, 5.41) is 6.75. The van der Waals surface area contributed by atoms with Crippen molar-refractivity contribution in [2.24, 2.45) is 5.92 Å². The Kier molecular flexibility index (Phi) is 4.89. The first-order valence-corrected chi connectivity index (χ1v) is 6.57. The van der Waals surface area contributed by atoms with Gasteiger partial charge in [-0.15, -0.1) is 11.3 Å². The highest BCUT2D eigenvalue weighted by Gasteiger charge is 2.38. The van der Waals surface area contributed by atoms with Crippen molar-refractivity contribution in [1.82, 2.24) is 10.3 Å². The van der Waals surface area contributed by atoms with E-state index in [1.165, 1.54) is 0 Å². The summed E-state index contributed by atoms with van der Waals surface area (Å²) in [6, 6.07) is 0.404. The molecule has 92 valence electrons. The summed E-state index contributed by atoms with van der Waals surface area (Å²) < 4.78 is 5.40. The summed E-state index contributed by atoms with van der Waals surface area (Å²) in [6.45, 7) is 9.36. The monoisotopic (exact) mass is 242 g/mol. The molecule has 16 heavy (non-hydrogen) atoms. The molecule has 3 nitrogen and oxygen atoms in total. The van der Waals surface area contributed by atoms with Crippen LogP contribution in [0, 0.1) is 5.92 Å². The normalized spacial score (nSPS) is 15.7. The molecule has 0 spiro atoms. The molecule has 1 unspecified atom stereocenters. The van der Waals surface area contributed by atoms with Gasteiger partial charge in [-0.1, -0.05) is 13.8 Å². The fourth-order valence-electron chi connectivity index (χ4n) is 1.93. The number of aromatic nitrogens is 1. The van der Waals surface area contributed by atoms with Crippen molar-refractivity contribution < 1.29 is 4.74 Å². The maximum absolute atomic E-state index is 5.40. The van der Waals surface area contributed by atoms with Crippen LogP contribution in [0.5, 0.6) is 0 Å². The zero-order chi connectivity index (χ0) is 12.2. The van der Waals surface area contributed by atoms with E-state index in [1.54, 1.807) is 18.4 Å². The van der Waals surface area contributed by atoms with Crippen LogP contribution in [0.25, 0.3) is 0 Å². The van der Waals surface area contributed by atoms with E-state index >= 15 is 0 Å². The van der Waals surface area contributed by atoms with Crippen LogP contribution in [0.15, 0.2) is 11.6 Å². The van der Waals surface area contributed by atoms with Gasteiger partial charge < -0.3 is 10.1 Å². The van der Waals surface area contributed by atoms with Crippen molar-refractivity contribution in [3.8, 4) is 0 Å². The molecule has 1 atom stereocenters. The van der Waals surface area contributed by atoms with Crippen LogP contribution in [-0.4, -0.2) is 24.7 Å². The molecule has 1 aromatic rings. The largest absolute Gasteiger partial charge is 0.382 e. The quantitative estimate of drug-likeness (QED) is 0.832. The first-order valence-electron chi connectivity index (χ1n) is 5.69. The van der Waals surface area contributed by atoms with E-state index in [1.807, 2.05) is 11.6 Å². The van der Waals surface area contributed by atoms with E-state index in [0.29, 0.717) is 18.6 Å². The molecule has 0 radical (unpaired) electrons. The standard InChI is InChI=1S/C12H22N2OS/c1-9(2)12(8-15-5,14-10(3)4)11-13-6-7-16-11/h6-7,9-10,14H,8H2,1-5H3. The van der Waals surface area contributed by atoms with E-state index in [4.69, 9.17) is 4.74 Å². The van der Waals surface area contributed by atoms with Crippen LogP contribution in [0.2, 0.25) is 0 Å². The van der Waals surface area contributed by atoms with Gasteiger partial charge in [0.25, 0.3) is 0 Å². The molecular weight excluding hydrogens is 220 g/mol. The predicted molar refractivity (Wildman–Crippen MR) is 68.8 cm³/mol. The van der Waals surface area contributed by atoms with Crippen molar-refractivity contribution in [3.05, 3.63) is 16.6 Å². The van der Waals surface area contributed by atoms with Gasteiger partial charge in [0.2, 0.25) is 0 Å². The second-order valence-corrected chi connectivity index (χ2v) is 5.59. The number of nitrogens with zero attached hydrogens (tertiary/aromatic N) is 1. The highest BCUT2D eigenvalue weighted by molar-refractivity contribution is 7.09. The number of ether oxygens (including phenoxy) is 1. The molecule has 0 bridgehead atoms. The van der Waals surface area contributed by atoms with Crippen molar-refractivity contribution in [2.45, 2.75) is 39.3 Å². The van der Waals surface area contributed by atoms with Gasteiger partial charge in [0.05, 0.1) is 12.1 Å². The van der Waals surface area contributed by atoms with Crippen molar-refractivity contribution >= 4 is 11.3 Å². The highest BCUT2D eigenvalue weighted by Crippen LogP contribution is 2.32. The number of nitrogens with one attached hydrogen (secondary N) is 1. The van der Waals surface area contributed by atoms with Crippen molar-refractivity contribution in [3.63, 3.8) is 0 Å². The van der Waals surface area contributed by atoms with Crippen molar-refractivity contribution in [1.29, 1.82) is 0 Å². The first kappa shape index (κ1) is 13.6. The van der Waals surface area contributed by atoms with Crippen molar-refractivity contribution in [2.75, 3.05) is 13.7 Å². The fraction of sp³-hybridized carbons (Fsp3) is 0.750. The zero-order valence-electron chi connectivity index (χ0n) is 10.8. The van der Waals surface area contributed by atoms with Gasteiger partial charge in [0.15, 0.2) is 0 Å². The molecule has 0 aliphatic rings. The van der Waals surface area contributed by atoms with Crippen LogP contribution in [-0.2, 0) is 10.3 Å². The number of thiazole rings is 1. The zero-order valence-corrected chi connectivity index (χ0v) is 11.6. The summed E-state index contributed by atoms with van der Waals surface area (Å²) in [6.07, 6.45) is 1.86. The van der Waals surface area contributed by atoms with Crippen LogP contribution < -0.4 is 5.32 Å². The lowest BCUT2D eigenvalue weighted by molar-refractivity contribution is 0.0697. The third-order valence-electron chi connectivity index (χ3n) is 2.72. The average molecular weight is 242 g/mol. The van der Waals surface area contributed by atoms with Gasteiger partial charge >= 0.3 is 0 Å². The Hall–Kier alpha value is -0.450. The molecule has 0 amide bonds. The van der Waals surface area contributed by atoms with Crippen LogP contribution in [0.4, 0.5) is 0 Å². The molecule has 1 rings (SSSR count). The molecule has 0 aliphatic carbocycles. The molecule has 1 N–H and O–H groups in total. The third-order valence-corrected chi connectivity index (χ3v) is 3.67. The predicted octanol–water partition coefficient (Wildman–Crippen LogP) is 2.64. The lowest BCUT2D eigenvalue weighted by Crippen LogP contribution is -2.53. The van der Waals surface area contributed by atoms with Gasteiger partial charge in [0.1, 0.15) is 5.01 Å². The van der Waals surface area contributed by atoms with Gasteiger partial charge in [0, 0.05) is 24.7 Å². The second kappa shape index (κ2) is 5.75. The molecule has 0 saturated carbocycles. The minimum absolute atomic E-state index is 0.170. The first-order chi connectivity index (χ1) is 7.53. The molecular formula is C12H22N2OS. The Labute approximate surface area is 102 Å². The SMILES string of the molecule is COCC(NC(C)C)(c1nccs1)C(C)C. The Balaban J connectivity index is 3.06. The lowest BCUT2D eigenvalue weighted by atomic mass is 9.87. The van der Waals surface area contributed by atoms with Gasteiger partial charge in [-0.3, -0.25) is 0 Å². The second-order valence-electron chi connectivity index (χ2n) is 4.70. The number of rotatable bonds is 6. The number of hydrogen-bond acceptors (Lipinski definition) is 4. The van der Waals surface area contributed by atoms with Crippen LogP contribution in [0.1, 0.15) is 32.7 Å². The van der Waals surface area contributed by atoms with E-state index in [2.05, 4.69) is 38.0 Å². The minimum Gasteiger partial charge on any atom is -0.382 e. The summed E-state index contributed by atoms with van der Waals surface area (Å²) in [5.74, 6) is 0.431. The van der Waals surface area contributed by atoms with Crippen LogP contribution in [0.3, 0.4) is 0 Å². The Morgan fingerprint density at radius 1 is 1.44 bits per heavy atom. The molecule has 1 aromatic heterocycles. The maximum Gasteiger partial charge on any atom is 0.115 e. The number of methoxy groups -OCH3 is 1. The molecule has 4 heteroatoms. The Bertz CT molecular complexity index is 298. The van der Waals surface area contributed by atoms with Gasteiger partial charge in [-0.2, -0.15) is 0 Å². The Morgan fingerprint density at radius 2 is 2.12 bits per heavy atom. The van der Waals surface area contributed by atoms with E-state index in [-0.39, 0.29) is 5.54 Å². The maximum atomic E-state index is 5.40. The Morgan fingerprint density at radius 3 is 2.50 bits per heavy atom. The van der Waals surface area contributed by atoms with E-state index < -0.39 is 0 Å². The summed E-state index contributed by atoms with van der Waals surface area (Å²) >= 11 is 1.69. The highest BCUT2D eigenvalue weighted by atomic mass is 32.1. The fourth-order valence-corrected chi connectivity index (χ4v) is 2.87. The summed E-state index contributed by atoms with van der Waals surface area (Å²) in [5.41, 5.74) is -0.170. The molecule has 0 fully saturated rings. The van der Waals surface area contributed by atoms with Gasteiger partial charge in [-0.05, 0) is 19.8 Å². The smallest absolute Gasteiger partial charge is 0.115 e. The summed E-state index contributed by atoms with van der Waals surface area (Å²) in [7, 11) is 1.74. The topological polar surface area (TPSA) is 34.1 Å².